The van der Waals surface area contributed by atoms with Gasteiger partial charge in [0.2, 0.25) is 5.91 Å². The van der Waals surface area contributed by atoms with Gasteiger partial charge in [0.15, 0.2) is 17.4 Å². The zero-order valence-electron chi connectivity index (χ0n) is 19.8. The minimum absolute atomic E-state index is 0.0105. The molecule has 1 aliphatic carbocycles. The second-order valence-corrected chi connectivity index (χ2v) is 9.68. The fourth-order valence-electron chi connectivity index (χ4n) is 3.92. The number of aromatic nitrogens is 2. The van der Waals surface area contributed by atoms with Crippen molar-refractivity contribution in [1.29, 1.82) is 0 Å². The summed E-state index contributed by atoms with van der Waals surface area (Å²) in [5, 5.41) is 5.36. The molecule has 190 valence electrons. The lowest BCUT2D eigenvalue weighted by Crippen LogP contribution is -2.40. The monoisotopic (exact) mass is 510 g/mol. The van der Waals surface area contributed by atoms with Crippen LogP contribution in [0.2, 0.25) is 5.02 Å². The van der Waals surface area contributed by atoms with E-state index < -0.39 is 23.1 Å². The third kappa shape index (κ3) is 6.85. The number of aromatic amines is 1. The molecule has 0 atom stereocenters. The minimum atomic E-state index is -1.10. The molecule has 1 aromatic carbocycles. The number of ether oxygens (including phenoxy) is 1. The summed E-state index contributed by atoms with van der Waals surface area (Å²) in [7, 11) is 1.58. The van der Waals surface area contributed by atoms with Crippen LogP contribution in [0.4, 0.5) is 14.5 Å². The first kappa shape index (κ1) is 26.7. The van der Waals surface area contributed by atoms with E-state index in [9.17, 15) is 23.2 Å². The van der Waals surface area contributed by atoms with Gasteiger partial charge in [0, 0.05) is 31.6 Å². The molecule has 11 heteroatoms. The highest BCUT2D eigenvalue weighted by Gasteiger charge is 2.30. The predicted octanol–water partition coefficient (Wildman–Crippen LogP) is 4.66. The quantitative estimate of drug-likeness (QED) is 0.335. The number of imidazole rings is 1. The van der Waals surface area contributed by atoms with Crippen LogP contribution in [0.5, 0.6) is 0 Å². The first-order chi connectivity index (χ1) is 16.5. The van der Waals surface area contributed by atoms with E-state index in [4.69, 9.17) is 16.3 Å². The second kappa shape index (κ2) is 11.3. The topological polar surface area (TPSA) is 113 Å². The van der Waals surface area contributed by atoms with E-state index in [-0.39, 0.29) is 52.2 Å². The Morgan fingerprint density at radius 3 is 2.49 bits per heavy atom. The summed E-state index contributed by atoms with van der Waals surface area (Å²) in [6.07, 6.45) is 4.03. The number of hydrogen-bond acceptors (Lipinski definition) is 5. The van der Waals surface area contributed by atoms with Gasteiger partial charge in [-0.1, -0.05) is 11.6 Å². The van der Waals surface area contributed by atoms with Crippen LogP contribution in [0.1, 0.15) is 73.3 Å². The summed E-state index contributed by atoms with van der Waals surface area (Å²) in [5.41, 5.74) is -0.254. The number of anilines is 1. The Morgan fingerprint density at radius 2 is 1.83 bits per heavy atom. The normalized spacial score (nSPS) is 18.2. The molecule has 0 unspecified atom stereocenters. The summed E-state index contributed by atoms with van der Waals surface area (Å²) < 4.78 is 32.0. The molecule has 3 N–H and O–H groups in total. The average Bonchev–Trinajstić information content (AvgIpc) is 3.32. The van der Waals surface area contributed by atoms with E-state index in [0.29, 0.717) is 32.1 Å². The number of hydrogen-bond donors (Lipinski definition) is 3. The molecule has 3 rings (SSSR count). The van der Waals surface area contributed by atoms with E-state index in [1.165, 1.54) is 6.33 Å². The summed E-state index contributed by atoms with van der Waals surface area (Å²) in [6.45, 7) is 3.75. The van der Waals surface area contributed by atoms with Gasteiger partial charge in [-0.15, -0.1) is 0 Å². The third-order valence-electron chi connectivity index (χ3n) is 6.34. The maximum atomic E-state index is 13.5. The Morgan fingerprint density at radius 1 is 1.17 bits per heavy atom. The van der Waals surface area contributed by atoms with Crippen LogP contribution >= 0.6 is 11.6 Å². The van der Waals surface area contributed by atoms with Gasteiger partial charge < -0.3 is 20.4 Å². The van der Waals surface area contributed by atoms with Crippen molar-refractivity contribution < 1.29 is 27.9 Å². The molecule has 8 nitrogen and oxygen atoms in total. The lowest BCUT2D eigenvalue weighted by atomic mass is 9.85. The first-order valence-electron chi connectivity index (χ1n) is 11.4. The molecule has 0 radical (unpaired) electrons. The Bertz CT molecular complexity index is 1100. The van der Waals surface area contributed by atoms with E-state index in [0.717, 1.165) is 12.1 Å². The van der Waals surface area contributed by atoms with Crippen molar-refractivity contribution in [3.05, 3.63) is 46.5 Å². The molecule has 0 aliphatic heterocycles. The van der Waals surface area contributed by atoms with Crippen LogP contribution in [0.25, 0.3) is 0 Å². The SMILES string of the molecule is COC(C)(C)CCC(=O)c1nc[nH]c1C(=O)NC1CCC(C(=O)Nc2cc(F)c(F)cc2Cl)CC1. The average molecular weight is 511 g/mol. The second-order valence-electron chi connectivity index (χ2n) is 9.27. The van der Waals surface area contributed by atoms with Gasteiger partial charge in [-0.25, -0.2) is 13.8 Å². The zero-order chi connectivity index (χ0) is 25.8. The predicted molar refractivity (Wildman–Crippen MR) is 126 cm³/mol. The number of nitrogens with one attached hydrogen (secondary N) is 3. The molecular formula is C24H29ClF2N4O4. The van der Waals surface area contributed by atoms with Gasteiger partial charge in [0.1, 0.15) is 11.4 Å². The molecular weight excluding hydrogens is 482 g/mol. The number of carbonyl (C=O) groups excluding carboxylic acids is 3. The number of amides is 2. The summed E-state index contributed by atoms with van der Waals surface area (Å²) in [5.74, 6) is -3.58. The Balaban J connectivity index is 1.52. The van der Waals surface area contributed by atoms with Crippen molar-refractivity contribution in [3.63, 3.8) is 0 Å². The molecule has 2 amide bonds. The number of methoxy groups -OCH3 is 1. The molecule has 1 heterocycles. The summed E-state index contributed by atoms with van der Waals surface area (Å²) in [6, 6.07) is 1.48. The molecule has 0 spiro atoms. The molecule has 1 saturated carbocycles. The van der Waals surface area contributed by atoms with Crippen molar-refractivity contribution in [2.75, 3.05) is 12.4 Å². The highest BCUT2D eigenvalue weighted by Crippen LogP contribution is 2.29. The number of H-pyrrole nitrogens is 1. The van der Waals surface area contributed by atoms with E-state index in [1.807, 2.05) is 13.8 Å². The number of Topliss-reactive ketones (excluding diaryl/α,β-unsaturated/α-hetero) is 1. The number of rotatable bonds is 9. The fraction of sp³-hybridized carbons (Fsp3) is 0.500. The Kier molecular flexibility index (Phi) is 8.60. The Labute approximate surface area is 207 Å². The fourth-order valence-corrected chi connectivity index (χ4v) is 4.12. The highest BCUT2D eigenvalue weighted by molar-refractivity contribution is 6.33. The molecule has 1 fully saturated rings. The van der Waals surface area contributed by atoms with Crippen LogP contribution in [0.3, 0.4) is 0 Å². The lowest BCUT2D eigenvalue weighted by Gasteiger charge is -2.28. The van der Waals surface area contributed by atoms with Crippen LogP contribution in [-0.2, 0) is 9.53 Å². The van der Waals surface area contributed by atoms with Crippen LogP contribution in [0, 0.1) is 17.6 Å². The van der Waals surface area contributed by atoms with Crippen molar-refractivity contribution in [2.45, 2.75) is 64.0 Å². The van der Waals surface area contributed by atoms with Crippen molar-refractivity contribution >= 4 is 34.9 Å². The zero-order valence-corrected chi connectivity index (χ0v) is 20.6. The number of halogens is 3. The summed E-state index contributed by atoms with van der Waals surface area (Å²) >= 11 is 5.89. The van der Waals surface area contributed by atoms with Gasteiger partial charge in [0.05, 0.1) is 22.6 Å². The number of ketones is 1. The lowest BCUT2D eigenvalue weighted by molar-refractivity contribution is -0.120. The summed E-state index contributed by atoms with van der Waals surface area (Å²) in [4.78, 5) is 44.7. The van der Waals surface area contributed by atoms with Crippen LogP contribution in [-0.4, -0.2) is 46.3 Å². The minimum Gasteiger partial charge on any atom is -0.379 e. The number of carbonyl (C=O) groups is 3. The Hall–Kier alpha value is -2.85. The van der Waals surface area contributed by atoms with Gasteiger partial charge in [0.25, 0.3) is 5.91 Å². The molecule has 2 aromatic rings. The van der Waals surface area contributed by atoms with E-state index >= 15 is 0 Å². The van der Waals surface area contributed by atoms with Gasteiger partial charge >= 0.3 is 0 Å². The number of benzene rings is 1. The number of nitrogens with zero attached hydrogens (tertiary/aromatic N) is 1. The standard InChI is InChI=1S/C24H29ClF2N4O4/c1-24(2,35-3)9-8-19(32)20-21(29-12-28-20)23(34)30-14-6-4-13(5-7-14)22(33)31-18-11-17(27)16(26)10-15(18)25/h10-14H,4-9H2,1-3H3,(H,28,29)(H,30,34)(H,31,33). The van der Waals surface area contributed by atoms with Crippen molar-refractivity contribution in [3.8, 4) is 0 Å². The molecule has 1 aliphatic rings. The smallest absolute Gasteiger partial charge is 0.270 e. The van der Waals surface area contributed by atoms with Gasteiger partial charge in [-0.05, 0) is 52.0 Å². The molecule has 0 bridgehead atoms. The molecule has 35 heavy (non-hydrogen) atoms. The van der Waals surface area contributed by atoms with Crippen LogP contribution < -0.4 is 10.6 Å². The van der Waals surface area contributed by atoms with Gasteiger partial charge in [-0.3, -0.25) is 14.4 Å². The van der Waals surface area contributed by atoms with E-state index in [2.05, 4.69) is 20.6 Å². The first-order valence-corrected chi connectivity index (χ1v) is 11.8. The van der Waals surface area contributed by atoms with E-state index in [1.54, 1.807) is 7.11 Å². The van der Waals surface area contributed by atoms with Crippen molar-refractivity contribution in [1.82, 2.24) is 15.3 Å². The molecule has 0 saturated heterocycles. The highest BCUT2D eigenvalue weighted by atomic mass is 35.5. The van der Waals surface area contributed by atoms with Gasteiger partial charge in [-0.2, -0.15) is 0 Å². The third-order valence-corrected chi connectivity index (χ3v) is 6.65. The van der Waals surface area contributed by atoms with Crippen molar-refractivity contribution in [2.24, 2.45) is 5.92 Å². The largest absolute Gasteiger partial charge is 0.379 e. The van der Waals surface area contributed by atoms with Crippen LogP contribution in [0.15, 0.2) is 18.5 Å². The maximum absolute atomic E-state index is 13.5. The maximum Gasteiger partial charge on any atom is 0.270 e. The molecule has 1 aromatic heterocycles.